The third-order valence-corrected chi connectivity index (χ3v) is 5.64. The minimum atomic E-state index is -4.11. The Labute approximate surface area is 167 Å². The quantitative estimate of drug-likeness (QED) is 0.594. The van der Waals surface area contributed by atoms with Crippen LogP contribution in [0, 0.1) is 5.82 Å². The fourth-order valence-corrected chi connectivity index (χ4v) is 3.89. The van der Waals surface area contributed by atoms with Crippen LogP contribution >= 0.6 is 24.2 Å². The number of primary sulfonamides is 1. The van der Waals surface area contributed by atoms with Crippen LogP contribution in [0.25, 0.3) is 22.3 Å². The molecule has 0 atom stereocenters. The zero-order valence-electron chi connectivity index (χ0n) is 14.1. The van der Waals surface area contributed by atoms with E-state index in [0.29, 0.717) is 26.8 Å². The van der Waals surface area contributed by atoms with Crippen LogP contribution in [0.1, 0.15) is 0 Å². The second-order valence-electron chi connectivity index (χ2n) is 5.77. The van der Waals surface area contributed by atoms with Crippen LogP contribution in [0.2, 0.25) is 5.02 Å². The first kappa shape index (κ1) is 19.7. The van der Waals surface area contributed by atoms with Crippen LogP contribution < -0.4 is 9.88 Å². The topological polar surface area (TPSA) is 69.4 Å². The van der Waals surface area contributed by atoms with E-state index in [1.165, 1.54) is 6.07 Å². The Kier molecular flexibility index (Phi) is 5.48. The van der Waals surface area contributed by atoms with Gasteiger partial charge in [0.1, 0.15) is 16.5 Å². The molecule has 0 bridgehead atoms. The minimum absolute atomic E-state index is 0.479. The Morgan fingerprint density at radius 3 is 2.19 bits per heavy atom. The number of nitrogens with two attached hydrogens (primary N) is 1. The Hall–Kier alpha value is -2.06. The molecule has 2 N–H and O–H groups in total. The molecule has 3 aromatic carbocycles. The summed E-state index contributed by atoms with van der Waals surface area (Å²) in [5, 5.41) is 5.47. The number of rotatable bonds is 4. The van der Waals surface area contributed by atoms with Crippen molar-refractivity contribution < 1.29 is 17.5 Å². The molecule has 0 aliphatic rings. The average molecular weight is 424 g/mol. The zero-order valence-corrected chi connectivity index (χ0v) is 16.6. The van der Waals surface area contributed by atoms with Gasteiger partial charge in [0.15, 0.2) is 0 Å². The maximum Gasteiger partial charge on any atom is 0.240 e. The van der Waals surface area contributed by atoms with Gasteiger partial charge in [0.25, 0.3) is 0 Å². The number of thiol groups is 1. The third kappa shape index (κ3) is 4.11. The highest BCUT2D eigenvalue weighted by Gasteiger charge is 2.15. The van der Waals surface area contributed by atoms with Gasteiger partial charge in [-0.25, -0.2) is 17.9 Å². The molecule has 3 rings (SSSR count). The molecule has 8 heteroatoms. The Balaban J connectivity index is 2.00. The first-order valence-electron chi connectivity index (χ1n) is 7.70. The first-order valence-corrected chi connectivity index (χ1v) is 10.1. The van der Waals surface area contributed by atoms with Gasteiger partial charge in [0, 0.05) is 4.90 Å². The number of halogens is 2. The summed E-state index contributed by atoms with van der Waals surface area (Å²) in [5.41, 5.74) is 2.89. The molecule has 0 saturated heterocycles. The molecule has 0 amide bonds. The van der Waals surface area contributed by atoms with Crippen molar-refractivity contribution in [2.24, 2.45) is 5.14 Å². The molecule has 0 heterocycles. The fourth-order valence-electron chi connectivity index (χ4n) is 2.70. The van der Waals surface area contributed by atoms with E-state index in [1.807, 2.05) is 12.1 Å². The van der Waals surface area contributed by atoms with Crippen LogP contribution in [0.15, 0.2) is 64.4 Å². The molecular formula is C19H15ClFNO3S2. The summed E-state index contributed by atoms with van der Waals surface area (Å²) < 4.78 is 41.9. The van der Waals surface area contributed by atoms with Crippen molar-refractivity contribution in [1.82, 2.24) is 0 Å². The number of hydrogen-bond acceptors (Lipinski definition) is 4. The molecule has 140 valence electrons. The van der Waals surface area contributed by atoms with Gasteiger partial charge >= 0.3 is 0 Å². The van der Waals surface area contributed by atoms with E-state index in [0.717, 1.165) is 23.3 Å². The molecule has 3 aromatic rings. The highest BCUT2D eigenvalue weighted by molar-refractivity contribution is 7.89. The SMILES string of the molecule is COc1ccc(-c2ccc(-c3ccc(S(N)(=O)=O)c(F)c3)cc2S)cc1Cl. The standard InChI is InChI=1S/C19H15ClFNO3S2/c1-25-17-6-3-13(8-15(17)20)14-5-2-12(10-18(14)26)11-4-7-19(16(21)9-11)27(22,23)24/h2-10,26H,1H3,(H2,22,23,24). The summed E-state index contributed by atoms with van der Waals surface area (Å²) >= 11 is 10.7. The lowest BCUT2D eigenvalue weighted by Gasteiger charge is -2.11. The van der Waals surface area contributed by atoms with Gasteiger partial charge in [-0.15, -0.1) is 12.6 Å². The van der Waals surface area contributed by atoms with Gasteiger partial charge in [-0.3, -0.25) is 0 Å². The number of sulfonamides is 1. The molecule has 4 nitrogen and oxygen atoms in total. The van der Waals surface area contributed by atoms with E-state index in [-0.39, 0.29) is 0 Å². The molecule has 0 aliphatic heterocycles. The molecular weight excluding hydrogens is 409 g/mol. The van der Waals surface area contributed by atoms with E-state index >= 15 is 0 Å². The Bertz CT molecular complexity index is 1130. The van der Waals surface area contributed by atoms with E-state index in [2.05, 4.69) is 12.6 Å². The van der Waals surface area contributed by atoms with Crippen molar-refractivity contribution in [3.8, 4) is 28.0 Å². The lowest BCUT2D eigenvalue weighted by Crippen LogP contribution is -2.13. The van der Waals surface area contributed by atoms with Gasteiger partial charge in [0.05, 0.1) is 12.1 Å². The normalized spacial score (nSPS) is 11.4. The lowest BCUT2D eigenvalue weighted by atomic mass is 10.00. The summed E-state index contributed by atoms with van der Waals surface area (Å²) in [6, 6.07) is 14.6. The maximum absolute atomic E-state index is 14.1. The van der Waals surface area contributed by atoms with Crippen LogP contribution in [0.5, 0.6) is 5.75 Å². The molecule has 0 saturated carbocycles. The van der Waals surface area contributed by atoms with E-state index in [1.54, 1.807) is 31.4 Å². The molecule has 0 aromatic heterocycles. The van der Waals surface area contributed by atoms with Crippen LogP contribution in [-0.2, 0) is 10.0 Å². The number of ether oxygens (including phenoxy) is 1. The van der Waals surface area contributed by atoms with Crippen molar-refractivity contribution in [2.45, 2.75) is 9.79 Å². The summed E-state index contributed by atoms with van der Waals surface area (Å²) in [4.78, 5) is 0.117. The number of hydrogen-bond donors (Lipinski definition) is 2. The molecule has 0 fully saturated rings. The maximum atomic E-state index is 14.1. The highest BCUT2D eigenvalue weighted by Crippen LogP contribution is 2.35. The summed E-state index contributed by atoms with van der Waals surface area (Å²) in [5.74, 6) is -0.329. The summed E-state index contributed by atoms with van der Waals surface area (Å²) in [7, 11) is -2.56. The van der Waals surface area contributed by atoms with Gasteiger partial charge in [-0.1, -0.05) is 35.9 Å². The molecule has 0 radical (unpaired) electrons. The smallest absolute Gasteiger partial charge is 0.240 e. The van der Waals surface area contributed by atoms with Crippen molar-refractivity contribution in [3.63, 3.8) is 0 Å². The largest absolute Gasteiger partial charge is 0.495 e. The Morgan fingerprint density at radius 2 is 1.63 bits per heavy atom. The van der Waals surface area contributed by atoms with E-state index in [4.69, 9.17) is 21.5 Å². The molecule has 0 spiro atoms. The number of methoxy groups -OCH3 is 1. The lowest BCUT2D eigenvalue weighted by molar-refractivity contribution is 0.415. The molecule has 0 aliphatic carbocycles. The fraction of sp³-hybridized carbons (Fsp3) is 0.0526. The van der Waals surface area contributed by atoms with Crippen LogP contribution in [0.4, 0.5) is 4.39 Å². The highest BCUT2D eigenvalue weighted by atomic mass is 35.5. The van der Waals surface area contributed by atoms with Crippen molar-refractivity contribution in [3.05, 3.63) is 65.4 Å². The second kappa shape index (κ2) is 7.52. The second-order valence-corrected chi connectivity index (χ2v) is 8.19. The van der Waals surface area contributed by atoms with Gasteiger partial charge in [-0.2, -0.15) is 0 Å². The summed E-state index contributed by atoms with van der Waals surface area (Å²) in [6.07, 6.45) is 0. The third-order valence-electron chi connectivity index (χ3n) is 4.03. The van der Waals surface area contributed by atoms with Gasteiger partial charge in [0.2, 0.25) is 10.0 Å². The monoisotopic (exact) mass is 423 g/mol. The van der Waals surface area contributed by atoms with E-state index < -0.39 is 20.7 Å². The average Bonchev–Trinajstić information content (AvgIpc) is 2.60. The van der Waals surface area contributed by atoms with Crippen molar-refractivity contribution in [2.75, 3.05) is 7.11 Å². The van der Waals surface area contributed by atoms with E-state index in [9.17, 15) is 12.8 Å². The summed E-state index contributed by atoms with van der Waals surface area (Å²) in [6.45, 7) is 0. The predicted molar refractivity (Wildman–Crippen MR) is 107 cm³/mol. The predicted octanol–water partition coefficient (Wildman–Crippen LogP) is 4.76. The van der Waals surface area contributed by atoms with Crippen molar-refractivity contribution in [1.29, 1.82) is 0 Å². The molecule has 0 unspecified atom stereocenters. The van der Waals surface area contributed by atoms with Gasteiger partial charge in [-0.05, 0) is 52.6 Å². The number of benzene rings is 3. The van der Waals surface area contributed by atoms with Crippen LogP contribution in [0.3, 0.4) is 0 Å². The van der Waals surface area contributed by atoms with Crippen LogP contribution in [-0.4, -0.2) is 15.5 Å². The Morgan fingerprint density at radius 1 is 1.00 bits per heavy atom. The zero-order chi connectivity index (χ0) is 19.8. The minimum Gasteiger partial charge on any atom is -0.495 e. The molecule has 27 heavy (non-hydrogen) atoms. The van der Waals surface area contributed by atoms with Crippen molar-refractivity contribution >= 4 is 34.3 Å². The first-order chi connectivity index (χ1) is 12.7. The van der Waals surface area contributed by atoms with Gasteiger partial charge < -0.3 is 4.74 Å².